The van der Waals surface area contributed by atoms with E-state index in [1.165, 1.54) is 5.56 Å². The predicted octanol–water partition coefficient (Wildman–Crippen LogP) is 0.781. The summed E-state index contributed by atoms with van der Waals surface area (Å²) in [6.07, 6.45) is 3.64. The van der Waals surface area contributed by atoms with Gasteiger partial charge in [0.2, 0.25) is 0 Å². The Kier molecular flexibility index (Phi) is 5.13. The van der Waals surface area contributed by atoms with Gasteiger partial charge in [0, 0.05) is 32.0 Å². The molecule has 72 valence electrons. The zero-order valence-electron chi connectivity index (χ0n) is 8.09. The zero-order chi connectivity index (χ0) is 9.36. The van der Waals surface area contributed by atoms with Gasteiger partial charge in [0.05, 0.1) is 0 Å². The average Bonchev–Trinajstić information content (AvgIpc) is 2.19. The molecule has 0 aliphatic heterocycles. The molecule has 0 unspecified atom stereocenters. The minimum Gasteiger partial charge on any atom is -0.316 e. The first-order chi connectivity index (χ1) is 6.43. The molecule has 0 fully saturated rings. The van der Waals surface area contributed by atoms with Crippen LogP contribution in [0.15, 0.2) is 24.5 Å². The standard InChI is InChI=1S/C10H17N3/c1-2-11-7-8-13-9-10-3-5-12-6-4-10/h3-6,11,13H,2,7-9H2,1H3. The molecule has 13 heavy (non-hydrogen) atoms. The van der Waals surface area contributed by atoms with Crippen LogP contribution in [0.2, 0.25) is 0 Å². The van der Waals surface area contributed by atoms with Gasteiger partial charge in [0.1, 0.15) is 0 Å². The second-order valence-electron chi connectivity index (χ2n) is 2.89. The molecule has 1 aromatic heterocycles. The maximum absolute atomic E-state index is 3.96. The maximum Gasteiger partial charge on any atom is 0.0271 e. The Morgan fingerprint density at radius 3 is 2.54 bits per heavy atom. The third-order valence-electron chi connectivity index (χ3n) is 1.81. The molecule has 0 aliphatic rings. The summed E-state index contributed by atoms with van der Waals surface area (Å²) in [5.74, 6) is 0. The summed E-state index contributed by atoms with van der Waals surface area (Å²) in [4.78, 5) is 3.96. The van der Waals surface area contributed by atoms with Crippen LogP contribution in [0, 0.1) is 0 Å². The molecule has 0 bridgehead atoms. The predicted molar refractivity (Wildman–Crippen MR) is 54.5 cm³/mol. The lowest BCUT2D eigenvalue weighted by Gasteiger charge is -2.04. The lowest BCUT2D eigenvalue weighted by atomic mass is 10.3. The summed E-state index contributed by atoms with van der Waals surface area (Å²) < 4.78 is 0. The molecule has 1 rings (SSSR count). The number of nitrogens with zero attached hydrogens (tertiary/aromatic N) is 1. The Morgan fingerprint density at radius 1 is 1.15 bits per heavy atom. The van der Waals surface area contributed by atoms with Gasteiger partial charge in [0.15, 0.2) is 0 Å². The first-order valence-electron chi connectivity index (χ1n) is 4.74. The van der Waals surface area contributed by atoms with E-state index in [0.717, 1.165) is 26.2 Å². The molecule has 0 saturated carbocycles. The second kappa shape index (κ2) is 6.57. The van der Waals surface area contributed by atoms with Crippen molar-refractivity contribution >= 4 is 0 Å². The highest BCUT2D eigenvalue weighted by atomic mass is 14.9. The third-order valence-corrected chi connectivity index (χ3v) is 1.81. The summed E-state index contributed by atoms with van der Waals surface area (Å²) in [6, 6.07) is 4.06. The Balaban J connectivity index is 2.07. The molecule has 0 saturated heterocycles. The zero-order valence-corrected chi connectivity index (χ0v) is 8.09. The van der Waals surface area contributed by atoms with Gasteiger partial charge in [-0.25, -0.2) is 0 Å². The van der Waals surface area contributed by atoms with Crippen molar-refractivity contribution in [2.45, 2.75) is 13.5 Å². The largest absolute Gasteiger partial charge is 0.316 e. The van der Waals surface area contributed by atoms with Crippen LogP contribution < -0.4 is 10.6 Å². The van der Waals surface area contributed by atoms with E-state index >= 15 is 0 Å². The van der Waals surface area contributed by atoms with Crippen molar-refractivity contribution in [1.29, 1.82) is 0 Å². The van der Waals surface area contributed by atoms with E-state index in [1.807, 2.05) is 24.5 Å². The Hall–Kier alpha value is -0.930. The summed E-state index contributed by atoms with van der Waals surface area (Å²) in [7, 11) is 0. The molecular formula is C10H17N3. The fraction of sp³-hybridized carbons (Fsp3) is 0.500. The van der Waals surface area contributed by atoms with Crippen molar-refractivity contribution in [2.24, 2.45) is 0 Å². The van der Waals surface area contributed by atoms with Crippen molar-refractivity contribution in [3.63, 3.8) is 0 Å². The van der Waals surface area contributed by atoms with Gasteiger partial charge in [-0.1, -0.05) is 6.92 Å². The fourth-order valence-corrected chi connectivity index (χ4v) is 1.09. The molecular weight excluding hydrogens is 162 g/mol. The van der Waals surface area contributed by atoms with Gasteiger partial charge < -0.3 is 10.6 Å². The summed E-state index contributed by atoms with van der Waals surface area (Å²) in [5.41, 5.74) is 1.28. The van der Waals surface area contributed by atoms with Gasteiger partial charge in [-0.2, -0.15) is 0 Å². The van der Waals surface area contributed by atoms with Crippen LogP contribution in [0.3, 0.4) is 0 Å². The topological polar surface area (TPSA) is 37.0 Å². The van der Waals surface area contributed by atoms with E-state index in [4.69, 9.17) is 0 Å². The van der Waals surface area contributed by atoms with Gasteiger partial charge in [-0.3, -0.25) is 4.98 Å². The smallest absolute Gasteiger partial charge is 0.0271 e. The van der Waals surface area contributed by atoms with Crippen LogP contribution in [0.5, 0.6) is 0 Å². The second-order valence-corrected chi connectivity index (χ2v) is 2.89. The molecule has 0 aliphatic carbocycles. The molecule has 1 heterocycles. The van der Waals surface area contributed by atoms with Crippen LogP contribution in [0.25, 0.3) is 0 Å². The lowest BCUT2D eigenvalue weighted by Crippen LogP contribution is -2.26. The SMILES string of the molecule is CCNCCNCc1ccncc1. The Labute approximate surface area is 79.6 Å². The van der Waals surface area contributed by atoms with Crippen molar-refractivity contribution in [1.82, 2.24) is 15.6 Å². The van der Waals surface area contributed by atoms with Gasteiger partial charge >= 0.3 is 0 Å². The average molecular weight is 179 g/mol. The van der Waals surface area contributed by atoms with Crippen LogP contribution in [0.1, 0.15) is 12.5 Å². The summed E-state index contributed by atoms with van der Waals surface area (Å²) in [6.45, 7) is 6.12. The summed E-state index contributed by atoms with van der Waals surface area (Å²) in [5, 5.41) is 6.61. The van der Waals surface area contributed by atoms with E-state index in [0.29, 0.717) is 0 Å². The van der Waals surface area contributed by atoms with E-state index < -0.39 is 0 Å². The molecule has 2 N–H and O–H groups in total. The molecule has 0 atom stereocenters. The summed E-state index contributed by atoms with van der Waals surface area (Å²) >= 11 is 0. The number of rotatable bonds is 6. The Morgan fingerprint density at radius 2 is 1.85 bits per heavy atom. The van der Waals surface area contributed by atoms with Crippen molar-refractivity contribution in [2.75, 3.05) is 19.6 Å². The van der Waals surface area contributed by atoms with Gasteiger partial charge in [-0.15, -0.1) is 0 Å². The number of likely N-dealkylation sites (N-methyl/N-ethyl adjacent to an activating group) is 1. The van der Waals surface area contributed by atoms with Crippen LogP contribution in [-0.2, 0) is 6.54 Å². The first-order valence-corrected chi connectivity index (χ1v) is 4.74. The number of nitrogens with one attached hydrogen (secondary N) is 2. The third kappa shape index (κ3) is 4.60. The van der Waals surface area contributed by atoms with E-state index in [2.05, 4.69) is 22.5 Å². The van der Waals surface area contributed by atoms with Gasteiger partial charge in [0.25, 0.3) is 0 Å². The molecule has 3 nitrogen and oxygen atoms in total. The van der Waals surface area contributed by atoms with Crippen molar-refractivity contribution in [3.05, 3.63) is 30.1 Å². The number of hydrogen-bond donors (Lipinski definition) is 2. The molecule has 3 heteroatoms. The van der Waals surface area contributed by atoms with Crippen molar-refractivity contribution in [3.8, 4) is 0 Å². The minimum absolute atomic E-state index is 0.925. The van der Waals surface area contributed by atoms with Gasteiger partial charge in [-0.05, 0) is 24.2 Å². The lowest BCUT2D eigenvalue weighted by molar-refractivity contribution is 0.624. The monoisotopic (exact) mass is 179 g/mol. The van der Waals surface area contributed by atoms with Crippen molar-refractivity contribution < 1.29 is 0 Å². The van der Waals surface area contributed by atoms with Crippen LogP contribution >= 0.6 is 0 Å². The number of aromatic nitrogens is 1. The highest BCUT2D eigenvalue weighted by Gasteiger charge is 1.89. The normalized spacial score (nSPS) is 10.2. The highest BCUT2D eigenvalue weighted by molar-refractivity contribution is 5.08. The van der Waals surface area contributed by atoms with E-state index in [9.17, 15) is 0 Å². The molecule has 1 aromatic rings. The number of pyridine rings is 1. The Bertz CT molecular complexity index is 211. The first kappa shape index (κ1) is 10.2. The maximum atomic E-state index is 3.96. The molecule has 0 amide bonds. The highest BCUT2D eigenvalue weighted by Crippen LogP contribution is 1.93. The minimum atomic E-state index is 0.925. The van der Waals surface area contributed by atoms with E-state index in [1.54, 1.807) is 0 Å². The van der Waals surface area contributed by atoms with E-state index in [-0.39, 0.29) is 0 Å². The molecule has 0 aromatic carbocycles. The number of hydrogen-bond acceptors (Lipinski definition) is 3. The fourth-order valence-electron chi connectivity index (χ4n) is 1.09. The quantitative estimate of drug-likeness (QED) is 0.634. The van der Waals surface area contributed by atoms with Crippen LogP contribution in [-0.4, -0.2) is 24.6 Å². The molecule has 0 spiro atoms. The molecule has 0 radical (unpaired) electrons. The van der Waals surface area contributed by atoms with Crippen LogP contribution in [0.4, 0.5) is 0 Å².